The minimum absolute atomic E-state index is 0.180. The quantitative estimate of drug-likeness (QED) is 0.549. The molecule has 0 spiro atoms. The normalized spacial score (nSPS) is 12.6. The first-order valence-corrected chi connectivity index (χ1v) is 10.7. The molecule has 0 unspecified atom stereocenters. The van der Waals surface area contributed by atoms with E-state index in [9.17, 15) is 9.59 Å². The monoisotopic (exact) mass is 453 g/mol. The van der Waals surface area contributed by atoms with E-state index in [1.54, 1.807) is 40.9 Å². The first-order valence-electron chi connectivity index (χ1n) is 10.3. The van der Waals surface area contributed by atoms with Crippen molar-refractivity contribution in [2.45, 2.75) is 20.0 Å². The molecule has 1 amide bonds. The minimum atomic E-state index is -0.514. The lowest BCUT2D eigenvalue weighted by molar-refractivity contribution is 0.0514. The van der Waals surface area contributed by atoms with Gasteiger partial charge >= 0.3 is 5.97 Å². The fourth-order valence-electron chi connectivity index (χ4n) is 3.85. The van der Waals surface area contributed by atoms with Crippen molar-refractivity contribution in [3.8, 4) is 5.69 Å². The number of carbonyl (C=O) groups is 2. The Morgan fingerprint density at radius 1 is 1.19 bits per heavy atom. The van der Waals surface area contributed by atoms with E-state index in [0.717, 1.165) is 16.9 Å². The number of amides is 1. The van der Waals surface area contributed by atoms with Crippen molar-refractivity contribution in [1.82, 2.24) is 14.5 Å². The summed E-state index contributed by atoms with van der Waals surface area (Å²) in [5.41, 5.74) is 4.66. The first kappa shape index (κ1) is 21.7. The summed E-state index contributed by atoms with van der Waals surface area (Å²) in [5, 5.41) is 6.76. The van der Waals surface area contributed by atoms with Crippen LogP contribution in [0.15, 0.2) is 42.7 Å². The smallest absolute Gasteiger partial charge is 0.358 e. The molecule has 4 rings (SSSR count). The van der Waals surface area contributed by atoms with Crippen LogP contribution in [0.4, 0.5) is 11.4 Å². The number of benzene rings is 2. The van der Waals surface area contributed by atoms with Crippen LogP contribution in [0.5, 0.6) is 0 Å². The standard InChI is InChI=1S/C23H24ClN5O3/c1-4-32-23(31)21-20-12-28(11-14-5-7-16(25-2)10-18(14)26-3)22(30)17-9-15(24)6-8-19(17)29(20)13-27-21/h5-10,13,25-26H,4,11-12H2,1-3H3. The van der Waals surface area contributed by atoms with Gasteiger partial charge in [-0.25, -0.2) is 9.78 Å². The molecule has 32 heavy (non-hydrogen) atoms. The van der Waals surface area contributed by atoms with Gasteiger partial charge in [-0.3, -0.25) is 9.36 Å². The summed E-state index contributed by atoms with van der Waals surface area (Å²) < 4.78 is 6.95. The highest BCUT2D eigenvalue weighted by Gasteiger charge is 2.31. The molecule has 2 heterocycles. The molecule has 1 aliphatic heterocycles. The second-order valence-electron chi connectivity index (χ2n) is 7.32. The lowest BCUT2D eigenvalue weighted by atomic mass is 10.1. The van der Waals surface area contributed by atoms with E-state index >= 15 is 0 Å². The number of halogens is 1. The number of anilines is 2. The van der Waals surface area contributed by atoms with Gasteiger partial charge in [0.1, 0.15) is 6.33 Å². The van der Waals surface area contributed by atoms with E-state index in [2.05, 4.69) is 15.6 Å². The Morgan fingerprint density at radius 2 is 2.00 bits per heavy atom. The number of ether oxygens (including phenoxy) is 1. The number of hydrogen-bond donors (Lipinski definition) is 2. The molecule has 3 aromatic rings. The number of imidazole rings is 1. The van der Waals surface area contributed by atoms with E-state index in [-0.39, 0.29) is 24.8 Å². The summed E-state index contributed by atoms with van der Waals surface area (Å²) in [5.74, 6) is -0.693. The SMILES string of the molecule is CCOC(=O)c1ncn2c1CN(Cc1ccc(NC)cc1NC)C(=O)c1cc(Cl)ccc1-2. The number of nitrogens with one attached hydrogen (secondary N) is 2. The van der Waals surface area contributed by atoms with Crippen molar-refractivity contribution >= 4 is 34.9 Å². The number of rotatable bonds is 6. The molecular formula is C23H24ClN5O3. The van der Waals surface area contributed by atoms with Crippen LogP contribution in [0.3, 0.4) is 0 Å². The second-order valence-corrected chi connectivity index (χ2v) is 7.76. The van der Waals surface area contributed by atoms with Gasteiger partial charge in [-0.15, -0.1) is 0 Å². The van der Waals surface area contributed by atoms with Crippen LogP contribution in [-0.4, -0.2) is 47.0 Å². The van der Waals surface area contributed by atoms with Gasteiger partial charge in [-0.1, -0.05) is 17.7 Å². The summed E-state index contributed by atoms with van der Waals surface area (Å²) in [6.07, 6.45) is 1.55. The number of hydrogen-bond acceptors (Lipinski definition) is 6. The van der Waals surface area contributed by atoms with Crippen molar-refractivity contribution in [1.29, 1.82) is 0 Å². The van der Waals surface area contributed by atoms with Crippen molar-refractivity contribution in [2.24, 2.45) is 0 Å². The van der Waals surface area contributed by atoms with Crippen molar-refractivity contribution < 1.29 is 14.3 Å². The zero-order valence-corrected chi connectivity index (χ0v) is 18.9. The van der Waals surface area contributed by atoms with Gasteiger partial charge in [-0.05, 0) is 42.8 Å². The molecule has 0 saturated heterocycles. The fraction of sp³-hybridized carbons (Fsp3) is 0.261. The van der Waals surface area contributed by atoms with Crippen LogP contribution in [0, 0.1) is 0 Å². The van der Waals surface area contributed by atoms with E-state index < -0.39 is 5.97 Å². The third kappa shape index (κ3) is 3.89. The summed E-state index contributed by atoms with van der Waals surface area (Å²) in [6.45, 7) is 2.51. The third-order valence-corrected chi connectivity index (χ3v) is 5.68. The van der Waals surface area contributed by atoms with Crippen LogP contribution < -0.4 is 10.6 Å². The van der Waals surface area contributed by atoms with Crippen LogP contribution >= 0.6 is 11.6 Å². The molecule has 8 nitrogen and oxygen atoms in total. The van der Waals surface area contributed by atoms with E-state index in [4.69, 9.17) is 16.3 Å². The van der Waals surface area contributed by atoms with Crippen LogP contribution in [0.1, 0.15) is 39.0 Å². The molecule has 0 saturated carbocycles. The number of fused-ring (bicyclic) bond motifs is 3. The molecule has 9 heteroatoms. The average Bonchev–Trinajstić information content (AvgIpc) is 3.17. The average molecular weight is 454 g/mol. The third-order valence-electron chi connectivity index (χ3n) is 5.44. The fourth-order valence-corrected chi connectivity index (χ4v) is 4.02. The van der Waals surface area contributed by atoms with Gasteiger partial charge in [0.25, 0.3) is 5.91 Å². The van der Waals surface area contributed by atoms with E-state index in [1.807, 2.05) is 32.3 Å². The Kier molecular flexibility index (Phi) is 6.05. The molecule has 0 bridgehead atoms. The first-order chi connectivity index (χ1) is 15.5. The number of nitrogens with zero attached hydrogens (tertiary/aromatic N) is 3. The van der Waals surface area contributed by atoms with Crippen LogP contribution in [0.2, 0.25) is 5.02 Å². The van der Waals surface area contributed by atoms with Crippen molar-refractivity contribution in [2.75, 3.05) is 31.3 Å². The molecule has 0 fully saturated rings. The zero-order chi connectivity index (χ0) is 22.8. The summed E-state index contributed by atoms with van der Waals surface area (Å²) in [6, 6.07) is 11.0. The molecule has 166 valence electrons. The lowest BCUT2D eigenvalue weighted by Gasteiger charge is -2.23. The summed E-state index contributed by atoms with van der Waals surface area (Å²) in [7, 11) is 3.69. The molecule has 0 aliphatic carbocycles. The number of aromatic nitrogens is 2. The van der Waals surface area contributed by atoms with Gasteiger partial charge in [0.05, 0.1) is 30.1 Å². The van der Waals surface area contributed by atoms with Gasteiger partial charge in [0.15, 0.2) is 5.69 Å². The van der Waals surface area contributed by atoms with Gasteiger partial charge in [-0.2, -0.15) is 0 Å². The van der Waals surface area contributed by atoms with E-state index in [1.165, 1.54) is 0 Å². The maximum atomic E-state index is 13.6. The molecular weight excluding hydrogens is 430 g/mol. The Morgan fingerprint density at radius 3 is 2.72 bits per heavy atom. The topological polar surface area (TPSA) is 88.5 Å². The minimum Gasteiger partial charge on any atom is -0.461 e. The highest BCUT2D eigenvalue weighted by atomic mass is 35.5. The Bertz CT molecular complexity index is 1190. The lowest BCUT2D eigenvalue weighted by Crippen LogP contribution is -2.30. The van der Waals surface area contributed by atoms with E-state index in [0.29, 0.717) is 28.5 Å². The second kappa shape index (κ2) is 8.92. The van der Waals surface area contributed by atoms with Gasteiger partial charge in [0, 0.05) is 37.0 Å². The van der Waals surface area contributed by atoms with Crippen LogP contribution in [0.25, 0.3) is 5.69 Å². The molecule has 0 atom stereocenters. The highest BCUT2D eigenvalue weighted by Crippen LogP contribution is 2.31. The Balaban J connectivity index is 1.81. The molecule has 2 N–H and O–H groups in total. The maximum absolute atomic E-state index is 13.6. The van der Waals surface area contributed by atoms with Gasteiger partial charge < -0.3 is 20.3 Å². The van der Waals surface area contributed by atoms with Crippen LogP contribution in [-0.2, 0) is 17.8 Å². The zero-order valence-electron chi connectivity index (χ0n) is 18.1. The predicted octanol–water partition coefficient (Wildman–Crippen LogP) is 3.94. The highest BCUT2D eigenvalue weighted by molar-refractivity contribution is 6.31. The Hall–Kier alpha value is -3.52. The number of carbonyl (C=O) groups excluding carboxylic acids is 2. The molecule has 1 aliphatic rings. The largest absolute Gasteiger partial charge is 0.461 e. The number of esters is 1. The van der Waals surface area contributed by atoms with Crippen molar-refractivity contribution in [3.63, 3.8) is 0 Å². The molecule has 0 radical (unpaired) electrons. The van der Waals surface area contributed by atoms with Gasteiger partial charge in [0.2, 0.25) is 0 Å². The Labute approximate surface area is 191 Å². The predicted molar refractivity (Wildman–Crippen MR) is 124 cm³/mol. The molecule has 1 aromatic heterocycles. The summed E-state index contributed by atoms with van der Waals surface area (Å²) >= 11 is 6.22. The van der Waals surface area contributed by atoms with Crippen molar-refractivity contribution in [3.05, 3.63) is 70.3 Å². The summed E-state index contributed by atoms with van der Waals surface area (Å²) in [4.78, 5) is 32.1. The maximum Gasteiger partial charge on any atom is 0.358 e. The molecule has 2 aromatic carbocycles.